The Balaban J connectivity index is 2.86. The van der Waals surface area contributed by atoms with E-state index < -0.39 is 0 Å². The Kier molecular flexibility index (Phi) is 5.59. The Morgan fingerprint density at radius 3 is 2.50 bits per heavy atom. The minimum Gasteiger partial charge on any atom is -0.396 e. The largest absolute Gasteiger partial charge is 0.396 e. The van der Waals surface area contributed by atoms with Gasteiger partial charge in [-0.15, -0.1) is 0 Å². The SMILES string of the molecule is OCCCC(O)CS. The van der Waals surface area contributed by atoms with Crippen LogP contribution in [0.15, 0.2) is 0 Å². The second kappa shape index (κ2) is 5.41. The van der Waals surface area contributed by atoms with Crippen LogP contribution in [0.3, 0.4) is 0 Å². The molecule has 0 saturated heterocycles. The van der Waals surface area contributed by atoms with Crippen LogP contribution in [0.1, 0.15) is 12.8 Å². The van der Waals surface area contributed by atoms with E-state index in [4.69, 9.17) is 10.2 Å². The van der Waals surface area contributed by atoms with Gasteiger partial charge in [0.2, 0.25) is 0 Å². The van der Waals surface area contributed by atoms with Crippen molar-refractivity contribution in [1.82, 2.24) is 0 Å². The monoisotopic (exact) mass is 136 g/mol. The van der Waals surface area contributed by atoms with Gasteiger partial charge in [-0.05, 0) is 12.8 Å². The summed E-state index contributed by atoms with van der Waals surface area (Å²) >= 11 is 3.86. The molecule has 0 heterocycles. The van der Waals surface area contributed by atoms with Gasteiger partial charge < -0.3 is 10.2 Å². The fourth-order valence-electron chi connectivity index (χ4n) is 0.418. The van der Waals surface area contributed by atoms with E-state index in [-0.39, 0.29) is 12.7 Å². The summed E-state index contributed by atoms with van der Waals surface area (Å²) in [6.07, 6.45) is 0.979. The topological polar surface area (TPSA) is 40.5 Å². The van der Waals surface area contributed by atoms with Crippen molar-refractivity contribution in [3.63, 3.8) is 0 Å². The maximum absolute atomic E-state index is 8.80. The van der Waals surface area contributed by atoms with Gasteiger partial charge in [0.15, 0.2) is 0 Å². The number of thiol groups is 1. The Morgan fingerprint density at radius 1 is 1.50 bits per heavy atom. The van der Waals surface area contributed by atoms with Gasteiger partial charge in [-0.3, -0.25) is 0 Å². The number of aliphatic hydroxyl groups is 2. The lowest BCUT2D eigenvalue weighted by Gasteiger charge is -2.02. The molecule has 0 aliphatic heterocycles. The maximum Gasteiger partial charge on any atom is 0.0628 e. The molecule has 0 amide bonds. The van der Waals surface area contributed by atoms with Crippen LogP contribution < -0.4 is 0 Å². The van der Waals surface area contributed by atoms with Crippen LogP contribution in [0.2, 0.25) is 0 Å². The van der Waals surface area contributed by atoms with Crippen LogP contribution in [0, 0.1) is 0 Å². The van der Waals surface area contributed by atoms with E-state index >= 15 is 0 Å². The Labute approximate surface area is 54.9 Å². The first kappa shape index (κ1) is 8.27. The van der Waals surface area contributed by atoms with Crippen molar-refractivity contribution in [2.75, 3.05) is 12.4 Å². The third kappa shape index (κ3) is 4.43. The van der Waals surface area contributed by atoms with Crippen molar-refractivity contribution in [3.8, 4) is 0 Å². The van der Waals surface area contributed by atoms with Crippen LogP contribution >= 0.6 is 12.6 Å². The smallest absolute Gasteiger partial charge is 0.0628 e. The summed E-state index contributed by atoms with van der Waals surface area (Å²) in [7, 11) is 0. The van der Waals surface area contributed by atoms with Crippen LogP contribution in [-0.4, -0.2) is 28.7 Å². The zero-order valence-corrected chi connectivity index (χ0v) is 5.64. The second-order valence-corrected chi connectivity index (χ2v) is 2.07. The molecule has 3 heteroatoms. The number of hydrogen-bond donors (Lipinski definition) is 3. The molecule has 0 bridgehead atoms. The molecular formula is C5H12O2S. The molecule has 2 N–H and O–H groups in total. The van der Waals surface area contributed by atoms with Crippen molar-refractivity contribution in [2.45, 2.75) is 18.9 Å². The summed E-state index contributed by atoms with van der Waals surface area (Å²) in [5.74, 6) is 0.486. The van der Waals surface area contributed by atoms with Crippen LogP contribution in [0.4, 0.5) is 0 Å². The molecule has 50 valence electrons. The Morgan fingerprint density at radius 2 is 2.12 bits per heavy atom. The van der Waals surface area contributed by atoms with E-state index in [0.29, 0.717) is 18.6 Å². The summed E-state index contributed by atoms with van der Waals surface area (Å²) in [6.45, 7) is 0.158. The molecule has 0 aromatic carbocycles. The van der Waals surface area contributed by atoms with E-state index in [0.717, 1.165) is 0 Å². The lowest BCUT2D eigenvalue weighted by atomic mass is 10.2. The molecule has 0 aromatic rings. The van der Waals surface area contributed by atoms with Gasteiger partial charge in [0.25, 0.3) is 0 Å². The van der Waals surface area contributed by atoms with Gasteiger partial charge in [0.05, 0.1) is 6.10 Å². The number of rotatable bonds is 4. The molecule has 2 nitrogen and oxygen atoms in total. The summed E-state index contributed by atoms with van der Waals surface area (Å²) in [4.78, 5) is 0. The highest BCUT2D eigenvalue weighted by Crippen LogP contribution is 1.96. The lowest BCUT2D eigenvalue weighted by molar-refractivity contribution is 0.171. The molecule has 0 saturated carbocycles. The first-order valence-electron chi connectivity index (χ1n) is 2.71. The number of hydrogen-bond acceptors (Lipinski definition) is 3. The minimum absolute atomic E-state index is 0.158. The minimum atomic E-state index is -0.342. The zero-order valence-electron chi connectivity index (χ0n) is 4.75. The fourth-order valence-corrected chi connectivity index (χ4v) is 0.601. The van der Waals surface area contributed by atoms with Crippen molar-refractivity contribution >= 4 is 12.6 Å². The van der Waals surface area contributed by atoms with Crippen molar-refractivity contribution < 1.29 is 10.2 Å². The summed E-state index contributed by atoms with van der Waals surface area (Å²) in [6, 6.07) is 0. The Bertz CT molecular complexity index is 49.7. The molecule has 0 aliphatic carbocycles. The molecule has 0 rings (SSSR count). The fraction of sp³-hybridized carbons (Fsp3) is 1.00. The van der Waals surface area contributed by atoms with Crippen molar-refractivity contribution in [2.24, 2.45) is 0 Å². The van der Waals surface area contributed by atoms with Crippen molar-refractivity contribution in [3.05, 3.63) is 0 Å². The third-order valence-electron chi connectivity index (χ3n) is 0.906. The molecule has 0 fully saturated rings. The van der Waals surface area contributed by atoms with Gasteiger partial charge in [-0.2, -0.15) is 12.6 Å². The maximum atomic E-state index is 8.80. The quantitative estimate of drug-likeness (QED) is 0.478. The number of aliphatic hydroxyl groups excluding tert-OH is 2. The zero-order chi connectivity index (χ0) is 6.41. The first-order valence-corrected chi connectivity index (χ1v) is 3.34. The molecule has 0 spiro atoms. The van der Waals surface area contributed by atoms with Gasteiger partial charge in [0, 0.05) is 12.4 Å². The molecule has 0 radical (unpaired) electrons. The summed E-state index contributed by atoms with van der Waals surface area (Å²) in [5.41, 5.74) is 0. The van der Waals surface area contributed by atoms with Crippen molar-refractivity contribution in [1.29, 1.82) is 0 Å². The predicted octanol–water partition coefficient (Wildman–Crippen LogP) is 0.0496. The predicted molar refractivity (Wildman–Crippen MR) is 36.2 cm³/mol. The average molecular weight is 136 g/mol. The van der Waals surface area contributed by atoms with Crippen LogP contribution in [0.25, 0.3) is 0 Å². The van der Waals surface area contributed by atoms with Gasteiger partial charge >= 0.3 is 0 Å². The van der Waals surface area contributed by atoms with Gasteiger partial charge in [-0.1, -0.05) is 0 Å². The standard InChI is InChI=1S/C5H12O2S/c6-3-1-2-5(7)4-8/h5-8H,1-4H2. The highest BCUT2D eigenvalue weighted by atomic mass is 32.1. The first-order chi connectivity index (χ1) is 3.81. The van der Waals surface area contributed by atoms with E-state index in [1.165, 1.54) is 0 Å². The van der Waals surface area contributed by atoms with E-state index in [9.17, 15) is 0 Å². The normalized spacial score (nSPS) is 13.9. The second-order valence-electron chi connectivity index (χ2n) is 1.70. The van der Waals surface area contributed by atoms with E-state index in [1.807, 2.05) is 0 Å². The molecule has 0 aliphatic rings. The highest BCUT2D eigenvalue weighted by Gasteiger charge is 1.97. The highest BCUT2D eigenvalue weighted by molar-refractivity contribution is 7.80. The van der Waals surface area contributed by atoms with Gasteiger partial charge in [-0.25, -0.2) is 0 Å². The average Bonchev–Trinajstić information content (AvgIpc) is 1.83. The third-order valence-corrected chi connectivity index (χ3v) is 1.33. The molecule has 1 unspecified atom stereocenters. The lowest BCUT2D eigenvalue weighted by Crippen LogP contribution is -2.08. The summed E-state index contributed by atoms with van der Waals surface area (Å²) in [5, 5.41) is 17.1. The Hall–Kier alpha value is 0.270. The molecule has 0 aromatic heterocycles. The van der Waals surface area contributed by atoms with Gasteiger partial charge in [0.1, 0.15) is 0 Å². The molecule has 8 heavy (non-hydrogen) atoms. The summed E-state index contributed by atoms with van der Waals surface area (Å²) < 4.78 is 0. The van der Waals surface area contributed by atoms with E-state index in [1.54, 1.807) is 0 Å². The van der Waals surface area contributed by atoms with Crippen LogP contribution in [-0.2, 0) is 0 Å². The molecule has 1 atom stereocenters. The van der Waals surface area contributed by atoms with E-state index in [2.05, 4.69) is 12.6 Å². The molecular weight excluding hydrogens is 124 g/mol. The van der Waals surface area contributed by atoms with Crippen LogP contribution in [0.5, 0.6) is 0 Å².